The van der Waals surface area contributed by atoms with Crippen molar-refractivity contribution in [3.05, 3.63) is 35.9 Å². The Kier molecular flexibility index (Phi) is 4.02. The molecule has 20 heavy (non-hydrogen) atoms. The van der Waals surface area contributed by atoms with Crippen LogP contribution in [0.1, 0.15) is 18.4 Å². The van der Waals surface area contributed by atoms with Crippen LogP contribution >= 0.6 is 0 Å². The van der Waals surface area contributed by atoms with Crippen molar-refractivity contribution in [2.24, 2.45) is 0 Å². The molecule has 1 saturated heterocycles. The predicted octanol–water partition coefficient (Wildman–Crippen LogP) is 1.49. The van der Waals surface area contributed by atoms with Gasteiger partial charge in [0.2, 0.25) is 0 Å². The molecule has 1 unspecified atom stereocenters. The van der Waals surface area contributed by atoms with Gasteiger partial charge in [-0.15, -0.1) is 0 Å². The second kappa shape index (κ2) is 5.92. The lowest BCUT2D eigenvalue weighted by Crippen LogP contribution is -2.53. The van der Waals surface area contributed by atoms with E-state index in [1.807, 2.05) is 18.2 Å². The predicted molar refractivity (Wildman–Crippen MR) is 77.1 cm³/mol. The Hall–Kier alpha value is -1.41. The van der Waals surface area contributed by atoms with E-state index in [4.69, 9.17) is 4.74 Å². The zero-order chi connectivity index (χ0) is 13.8. The Balaban J connectivity index is 1.83. The van der Waals surface area contributed by atoms with Crippen molar-refractivity contribution >= 4 is 0 Å². The van der Waals surface area contributed by atoms with Gasteiger partial charge in [-0.05, 0) is 18.4 Å². The topological polar surface area (TPSA) is 48.3 Å². The summed E-state index contributed by atoms with van der Waals surface area (Å²) < 4.78 is 5.40. The van der Waals surface area contributed by atoms with Crippen LogP contribution in [-0.4, -0.2) is 43.8 Å². The molecule has 3 rings (SSSR count). The molecule has 1 N–H and O–H groups in total. The number of nitriles is 1. The third-order valence-electron chi connectivity index (χ3n) is 4.05. The lowest BCUT2D eigenvalue weighted by molar-refractivity contribution is 0.0281. The van der Waals surface area contributed by atoms with E-state index in [0.29, 0.717) is 6.04 Å². The molecule has 0 aromatic heterocycles. The first-order valence-corrected chi connectivity index (χ1v) is 7.37. The number of hydrogen-bond acceptors (Lipinski definition) is 4. The van der Waals surface area contributed by atoms with Gasteiger partial charge in [0.15, 0.2) is 0 Å². The fraction of sp³-hybridized carbons (Fsp3) is 0.562. The lowest BCUT2D eigenvalue weighted by Gasteiger charge is -2.36. The fourth-order valence-corrected chi connectivity index (χ4v) is 2.75. The third kappa shape index (κ3) is 3.01. The Morgan fingerprint density at radius 2 is 1.95 bits per heavy atom. The molecule has 1 aliphatic carbocycles. The number of nitrogens with one attached hydrogen (secondary N) is 1. The maximum Gasteiger partial charge on any atom is 0.145 e. The van der Waals surface area contributed by atoms with Gasteiger partial charge in [0, 0.05) is 25.7 Å². The van der Waals surface area contributed by atoms with Crippen molar-refractivity contribution in [3.8, 4) is 6.07 Å². The molecule has 0 radical (unpaired) electrons. The molecule has 1 aromatic rings. The van der Waals surface area contributed by atoms with Crippen LogP contribution in [0.5, 0.6) is 0 Å². The first kappa shape index (κ1) is 13.6. The molecule has 2 aliphatic rings. The van der Waals surface area contributed by atoms with Crippen LogP contribution < -0.4 is 5.32 Å². The van der Waals surface area contributed by atoms with Gasteiger partial charge >= 0.3 is 0 Å². The van der Waals surface area contributed by atoms with Crippen molar-refractivity contribution in [2.45, 2.75) is 24.4 Å². The molecule has 4 nitrogen and oxygen atoms in total. The highest BCUT2D eigenvalue weighted by Crippen LogP contribution is 2.29. The third-order valence-corrected chi connectivity index (χ3v) is 4.05. The van der Waals surface area contributed by atoms with Crippen LogP contribution in [0.3, 0.4) is 0 Å². The largest absolute Gasteiger partial charge is 0.379 e. The van der Waals surface area contributed by atoms with Gasteiger partial charge in [0.05, 0.1) is 19.3 Å². The number of ether oxygens (including phenoxy) is 1. The highest BCUT2D eigenvalue weighted by Gasteiger charge is 2.39. The minimum absolute atomic E-state index is 0.496. The molecule has 4 heteroatoms. The van der Waals surface area contributed by atoms with Gasteiger partial charge in [-0.3, -0.25) is 10.2 Å². The van der Waals surface area contributed by atoms with Crippen molar-refractivity contribution in [3.63, 3.8) is 0 Å². The monoisotopic (exact) mass is 271 g/mol. The summed E-state index contributed by atoms with van der Waals surface area (Å²) in [6, 6.07) is 13.2. The Bertz CT molecular complexity index is 474. The SMILES string of the molecule is N#CC(CN1CCOCC1)(NC1CC1)c1ccccc1. The highest BCUT2D eigenvalue weighted by molar-refractivity contribution is 5.33. The van der Waals surface area contributed by atoms with Crippen LogP contribution in [0.4, 0.5) is 0 Å². The summed E-state index contributed by atoms with van der Waals surface area (Å²) >= 11 is 0. The minimum atomic E-state index is -0.597. The van der Waals surface area contributed by atoms with E-state index in [2.05, 4.69) is 28.4 Å². The summed E-state index contributed by atoms with van der Waals surface area (Å²) in [6.07, 6.45) is 2.36. The molecule has 0 amide bonds. The summed E-state index contributed by atoms with van der Waals surface area (Å²) in [5.41, 5.74) is 0.473. The standard InChI is InChI=1S/C16H21N3O/c17-12-16(18-15-6-7-15,14-4-2-1-3-5-14)13-19-8-10-20-11-9-19/h1-5,15,18H,6-11,13H2. The summed E-state index contributed by atoms with van der Waals surface area (Å²) in [7, 11) is 0. The molecule has 0 bridgehead atoms. The second-order valence-electron chi connectivity index (χ2n) is 5.69. The van der Waals surface area contributed by atoms with Gasteiger partial charge in [0.1, 0.15) is 5.54 Å². The number of benzene rings is 1. The summed E-state index contributed by atoms with van der Waals surface area (Å²) in [6.45, 7) is 4.07. The minimum Gasteiger partial charge on any atom is -0.379 e. The number of nitrogens with zero attached hydrogens (tertiary/aromatic N) is 2. The van der Waals surface area contributed by atoms with Gasteiger partial charge in [-0.2, -0.15) is 5.26 Å². The van der Waals surface area contributed by atoms with Crippen LogP contribution in [0.2, 0.25) is 0 Å². The van der Waals surface area contributed by atoms with E-state index < -0.39 is 5.54 Å². The molecular weight excluding hydrogens is 250 g/mol. The van der Waals surface area contributed by atoms with E-state index in [1.54, 1.807) is 0 Å². The van der Waals surface area contributed by atoms with Crippen molar-refractivity contribution in [1.29, 1.82) is 5.26 Å². The molecule has 1 aliphatic heterocycles. The molecule has 1 atom stereocenters. The maximum absolute atomic E-state index is 9.87. The molecule has 1 saturated carbocycles. The smallest absolute Gasteiger partial charge is 0.145 e. The van der Waals surface area contributed by atoms with Crippen LogP contribution in [-0.2, 0) is 10.3 Å². The zero-order valence-corrected chi connectivity index (χ0v) is 11.7. The van der Waals surface area contributed by atoms with E-state index in [1.165, 1.54) is 12.8 Å². The van der Waals surface area contributed by atoms with E-state index in [0.717, 1.165) is 38.4 Å². The van der Waals surface area contributed by atoms with Crippen molar-refractivity contribution in [2.75, 3.05) is 32.8 Å². The first-order chi connectivity index (χ1) is 9.82. The van der Waals surface area contributed by atoms with Crippen LogP contribution in [0.25, 0.3) is 0 Å². The molecule has 1 heterocycles. The van der Waals surface area contributed by atoms with Crippen LogP contribution in [0.15, 0.2) is 30.3 Å². The Morgan fingerprint density at radius 3 is 2.55 bits per heavy atom. The molecule has 0 spiro atoms. The molecule has 106 valence electrons. The average Bonchev–Trinajstić information content (AvgIpc) is 3.32. The molecular formula is C16H21N3O. The fourth-order valence-electron chi connectivity index (χ4n) is 2.75. The number of morpholine rings is 1. The van der Waals surface area contributed by atoms with E-state index in [-0.39, 0.29) is 0 Å². The second-order valence-corrected chi connectivity index (χ2v) is 5.69. The van der Waals surface area contributed by atoms with Crippen LogP contribution in [0, 0.1) is 11.3 Å². The van der Waals surface area contributed by atoms with Gasteiger partial charge in [0.25, 0.3) is 0 Å². The summed E-state index contributed by atoms with van der Waals surface area (Å²) in [5.74, 6) is 0. The summed E-state index contributed by atoms with van der Waals surface area (Å²) in [4.78, 5) is 2.33. The Labute approximate surface area is 120 Å². The van der Waals surface area contributed by atoms with E-state index in [9.17, 15) is 5.26 Å². The normalized spacial score (nSPS) is 22.9. The lowest BCUT2D eigenvalue weighted by atomic mass is 9.90. The van der Waals surface area contributed by atoms with Gasteiger partial charge in [-0.25, -0.2) is 0 Å². The molecule has 2 fully saturated rings. The zero-order valence-electron chi connectivity index (χ0n) is 11.7. The van der Waals surface area contributed by atoms with E-state index >= 15 is 0 Å². The average molecular weight is 271 g/mol. The van der Waals surface area contributed by atoms with Gasteiger partial charge in [-0.1, -0.05) is 30.3 Å². The first-order valence-electron chi connectivity index (χ1n) is 7.37. The highest BCUT2D eigenvalue weighted by atomic mass is 16.5. The number of hydrogen-bond donors (Lipinski definition) is 1. The number of rotatable bonds is 5. The van der Waals surface area contributed by atoms with Crippen molar-refractivity contribution < 1.29 is 4.74 Å². The van der Waals surface area contributed by atoms with Crippen molar-refractivity contribution in [1.82, 2.24) is 10.2 Å². The molecule has 1 aromatic carbocycles. The quantitative estimate of drug-likeness (QED) is 0.881. The maximum atomic E-state index is 9.87. The Morgan fingerprint density at radius 1 is 1.25 bits per heavy atom. The summed E-state index contributed by atoms with van der Waals surface area (Å²) in [5, 5.41) is 13.4. The van der Waals surface area contributed by atoms with Gasteiger partial charge < -0.3 is 4.74 Å².